The molecular weight excluding hydrogens is 276 g/mol. The fourth-order valence-electron chi connectivity index (χ4n) is 1.40. The van der Waals surface area contributed by atoms with Gasteiger partial charge in [0.2, 0.25) is 10.0 Å². The number of hydrogen-bond acceptors (Lipinski definition) is 6. The number of carbonyl (C=O) groups excluding carboxylic acids is 1. The normalized spacial score (nSPS) is 11.1. The number of nitro benzene ring substituents is 1. The molecule has 0 aromatic heterocycles. The number of carbonyl (C=O) groups is 1. The molecule has 104 valence electrons. The molecule has 1 aromatic rings. The average Bonchev–Trinajstić information content (AvgIpc) is 2.35. The SMILES string of the molecule is COC(=O)CNS(=O)(=O)c1cccc([N+](=O)[O-])c1C. The van der Waals surface area contributed by atoms with Crippen molar-refractivity contribution in [2.24, 2.45) is 0 Å². The lowest BCUT2D eigenvalue weighted by atomic mass is 10.2. The van der Waals surface area contributed by atoms with Crippen LogP contribution in [-0.2, 0) is 19.6 Å². The smallest absolute Gasteiger partial charge is 0.320 e. The molecule has 1 aromatic carbocycles. The first-order valence-corrected chi connectivity index (χ1v) is 6.58. The number of nitrogens with zero attached hydrogens (tertiary/aromatic N) is 1. The number of rotatable bonds is 5. The summed E-state index contributed by atoms with van der Waals surface area (Å²) < 4.78 is 30.1. The minimum absolute atomic E-state index is 0.00451. The van der Waals surface area contributed by atoms with E-state index >= 15 is 0 Å². The van der Waals surface area contributed by atoms with E-state index in [9.17, 15) is 23.3 Å². The molecular formula is C10H12N2O6S. The number of esters is 1. The van der Waals surface area contributed by atoms with E-state index in [2.05, 4.69) is 4.74 Å². The number of methoxy groups -OCH3 is 1. The van der Waals surface area contributed by atoms with Crippen LogP contribution < -0.4 is 4.72 Å². The van der Waals surface area contributed by atoms with Crippen molar-refractivity contribution in [2.75, 3.05) is 13.7 Å². The minimum Gasteiger partial charge on any atom is -0.468 e. The van der Waals surface area contributed by atoms with Gasteiger partial charge in [-0.15, -0.1) is 0 Å². The predicted molar refractivity (Wildman–Crippen MR) is 65.0 cm³/mol. The van der Waals surface area contributed by atoms with E-state index in [-0.39, 0.29) is 16.1 Å². The summed E-state index contributed by atoms with van der Waals surface area (Å²) in [6, 6.07) is 3.69. The van der Waals surface area contributed by atoms with Crippen molar-refractivity contribution in [2.45, 2.75) is 11.8 Å². The fraction of sp³-hybridized carbons (Fsp3) is 0.300. The Morgan fingerprint density at radius 3 is 2.63 bits per heavy atom. The maximum absolute atomic E-state index is 11.9. The van der Waals surface area contributed by atoms with Crippen molar-refractivity contribution < 1.29 is 22.9 Å². The third-order valence-corrected chi connectivity index (χ3v) is 3.92. The first kappa shape index (κ1) is 15.1. The molecule has 0 saturated heterocycles. The number of nitro groups is 1. The first-order valence-electron chi connectivity index (χ1n) is 5.10. The molecule has 0 heterocycles. The Labute approximate surface area is 109 Å². The molecule has 1 N–H and O–H groups in total. The van der Waals surface area contributed by atoms with Gasteiger partial charge in [-0.25, -0.2) is 8.42 Å². The van der Waals surface area contributed by atoms with Gasteiger partial charge in [0.15, 0.2) is 0 Å². The highest BCUT2D eigenvalue weighted by molar-refractivity contribution is 7.89. The lowest BCUT2D eigenvalue weighted by molar-refractivity contribution is -0.385. The van der Waals surface area contributed by atoms with Crippen molar-refractivity contribution in [3.8, 4) is 0 Å². The van der Waals surface area contributed by atoms with Crippen LogP contribution in [0, 0.1) is 17.0 Å². The van der Waals surface area contributed by atoms with Gasteiger partial charge in [-0.1, -0.05) is 6.07 Å². The van der Waals surface area contributed by atoms with Gasteiger partial charge >= 0.3 is 5.97 Å². The molecule has 0 aliphatic carbocycles. The topological polar surface area (TPSA) is 116 Å². The molecule has 1 rings (SSSR count). The van der Waals surface area contributed by atoms with Gasteiger partial charge in [0.1, 0.15) is 6.54 Å². The molecule has 0 aliphatic rings. The highest BCUT2D eigenvalue weighted by Gasteiger charge is 2.23. The van der Waals surface area contributed by atoms with Gasteiger partial charge in [-0.3, -0.25) is 14.9 Å². The maximum Gasteiger partial charge on any atom is 0.320 e. The van der Waals surface area contributed by atoms with Crippen molar-refractivity contribution in [1.29, 1.82) is 0 Å². The molecule has 8 nitrogen and oxygen atoms in total. The average molecular weight is 288 g/mol. The van der Waals surface area contributed by atoms with Gasteiger partial charge in [0, 0.05) is 11.6 Å². The van der Waals surface area contributed by atoms with Gasteiger partial charge in [0.25, 0.3) is 5.69 Å². The lowest BCUT2D eigenvalue weighted by Crippen LogP contribution is -2.30. The van der Waals surface area contributed by atoms with E-state index in [1.807, 2.05) is 4.72 Å². The van der Waals surface area contributed by atoms with Gasteiger partial charge in [-0.2, -0.15) is 4.72 Å². The first-order chi connectivity index (χ1) is 8.79. The van der Waals surface area contributed by atoms with Crippen LogP contribution in [0.15, 0.2) is 23.1 Å². The molecule has 0 radical (unpaired) electrons. The molecule has 0 unspecified atom stereocenters. The van der Waals surface area contributed by atoms with Crippen LogP contribution in [0.2, 0.25) is 0 Å². The van der Waals surface area contributed by atoms with Crippen molar-refractivity contribution in [3.63, 3.8) is 0 Å². The Balaban J connectivity index is 3.12. The number of sulfonamides is 1. The summed E-state index contributed by atoms with van der Waals surface area (Å²) in [4.78, 5) is 20.7. The van der Waals surface area contributed by atoms with Crippen LogP contribution in [0.5, 0.6) is 0 Å². The van der Waals surface area contributed by atoms with Crippen LogP contribution in [0.25, 0.3) is 0 Å². The van der Waals surface area contributed by atoms with Gasteiger partial charge in [0.05, 0.1) is 16.9 Å². The zero-order valence-electron chi connectivity index (χ0n) is 10.2. The van der Waals surface area contributed by atoms with Crippen molar-refractivity contribution in [3.05, 3.63) is 33.9 Å². The molecule has 9 heteroatoms. The number of ether oxygens (including phenoxy) is 1. The second-order valence-corrected chi connectivity index (χ2v) is 5.29. The van der Waals surface area contributed by atoms with E-state index in [0.29, 0.717) is 0 Å². The predicted octanol–water partition coefficient (Wildman–Crippen LogP) is 0.355. The van der Waals surface area contributed by atoms with E-state index in [1.165, 1.54) is 25.1 Å². The summed E-state index contributed by atoms with van der Waals surface area (Å²) >= 11 is 0. The zero-order chi connectivity index (χ0) is 14.6. The summed E-state index contributed by atoms with van der Waals surface area (Å²) in [5.41, 5.74) is -0.300. The number of nitrogens with one attached hydrogen (secondary N) is 1. The van der Waals surface area contributed by atoms with E-state index in [4.69, 9.17) is 0 Å². The number of benzene rings is 1. The third-order valence-electron chi connectivity index (χ3n) is 2.38. The van der Waals surface area contributed by atoms with Gasteiger partial charge in [-0.05, 0) is 13.0 Å². The Bertz CT molecular complexity index is 610. The second kappa shape index (κ2) is 5.76. The Morgan fingerprint density at radius 1 is 1.47 bits per heavy atom. The van der Waals surface area contributed by atoms with E-state index in [0.717, 1.165) is 7.11 Å². The summed E-state index contributed by atoms with van der Waals surface area (Å²) in [6.45, 7) is 0.784. The maximum atomic E-state index is 11.9. The summed E-state index contributed by atoms with van der Waals surface area (Å²) in [6.07, 6.45) is 0. The van der Waals surface area contributed by atoms with Crippen molar-refractivity contribution in [1.82, 2.24) is 4.72 Å². The third kappa shape index (κ3) is 3.48. The molecule has 0 aliphatic heterocycles. The molecule has 0 saturated carbocycles. The second-order valence-electron chi connectivity index (χ2n) is 3.56. The Hall–Kier alpha value is -2.00. The molecule has 19 heavy (non-hydrogen) atoms. The molecule has 0 bridgehead atoms. The quantitative estimate of drug-likeness (QED) is 0.475. The van der Waals surface area contributed by atoms with Crippen LogP contribution in [0.1, 0.15) is 5.56 Å². The monoisotopic (exact) mass is 288 g/mol. The van der Waals surface area contributed by atoms with Crippen LogP contribution in [-0.4, -0.2) is 33.0 Å². The number of hydrogen-bond donors (Lipinski definition) is 1. The summed E-state index contributed by atoms with van der Waals surface area (Å²) in [5, 5.41) is 10.7. The van der Waals surface area contributed by atoms with Crippen molar-refractivity contribution >= 4 is 21.7 Å². The molecule has 0 spiro atoms. The van der Waals surface area contributed by atoms with Crippen LogP contribution in [0.4, 0.5) is 5.69 Å². The molecule has 0 atom stereocenters. The Morgan fingerprint density at radius 2 is 2.11 bits per heavy atom. The highest BCUT2D eigenvalue weighted by Crippen LogP contribution is 2.24. The largest absolute Gasteiger partial charge is 0.468 e. The highest BCUT2D eigenvalue weighted by atomic mass is 32.2. The summed E-state index contributed by atoms with van der Waals surface area (Å²) in [7, 11) is -2.89. The summed E-state index contributed by atoms with van der Waals surface area (Å²) in [5.74, 6) is -0.758. The molecule has 0 amide bonds. The van der Waals surface area contributed by atoms with E-state index in [1.54, 1.807) is 0 Å². The lowest BCUT2D eigenvalue weighted by Gasteiger charge is -2.08. The van der Waals surface area contributed by atoms with Crippen LogP contribution in [0.3, 0.4) is 0 Å². The fourth-order valence-corrected chi connectivity index (χ4v) is 2.62. The minimum atomic E-state index is -4.01. The Kier molecular flexibility index (Phi) is 4.57. The molecule has 0 fully saturated rings. The zero-order valence-corrected chi connectivity index (χ0v) is 11.1. The van der Waals surface area contributed by atoms with Gasteiger partial charge < -0.3 is 4.74 Å². The van der Waals surface area contributed by atoms with Crippen LogP contribution >= 0.6 is 0 Å². The van der Waals surface area contributed by atoms with E-state index < -0.39 is 27.5 Å². The standard InChI is InChI=1S/C10H12N2O6S/c1-7-8(12(14)15)4-3-5-9(7)19(16,17)11-6-10(13)18-2/h3-5,11H,6H2,1-2H3.